The van der Waals surface area contributed by atoms with E-state index < -0.39 is 16.0 Å². The van der Waals surface area contributed by atoms with E-state index in [1.165, 1.54) is 28.6 Å². The molecule has 0 aliphatic carbocycles. The van der Waals surface area contributed by atoms with Gasteiger partial charge in [0.1, 0.15) is 0 Å². The zero-order valence-corrected chi connectivity index (χ0v) is 12.8. The van der Waals surface area contributed by atoms with E-state index in [9.17, 15) is 13.2 Å². The lowest BCUT2D eigenvalue weighted by molar-refractivity contribution is 0.0692. The van der Waals surface area contributed by atoms with E-state index >= 15 is 0 Å². The predicted molar refractivity (Wildman–Crippen MR) is 77.2 cm³/mol. The molecule has 0 aliphatic heterocycles. The first-order valence-corrected chi connectivity index (χ1v) is 7.94. The number of carboxylic acids is 1. The van der Waals surface area contributed by atoms with Crippen LogP contribution in [0.2, 0.25) is 0 Å². The van der Waals surface area contributed by atoms with Crippen molar-refractivity contribution in [1.82, 2.24) is 4.31 Å². The van der Waals surface area contributed by atoms with Gasteiger partial charge >= 0.3 is 5.97 Å². The van der Waals surface area contributed by atoms with Gasteiger partial charge in [-0.25, -0.2) is 13.2 Å². The normalized spacial score (nSPS) is 11.6. The zero-order chi connectivity index (χ0) is 16.0. The van der Waals surface area contributed by atoms with Gasteiger partial charge in [-0.15, -0.1) is 0 Å². The Bertz CT molecular complexity index is 647. The number of nitriles is 1. The highest BCUT2D eigenvalue weighted by molar-refractivity contribution is 7.89. The van der Waals surface area contributed by atoms with E-state index in [4.69, 9.17) is 10.4 Å². The van der Waals surface area contributed by atoms with Crippen molar-refractivity contribution in [1.29, 1.82) is 5.26 Å². The maximum absolute atomic E-state index is 12.7. The van der Waals surface area contributed by atoms with Crippen LogP contribution in [0.5, 0.6) is 0 Å². The average Bonchev–Trinajstić information content (AvgIpc) is 2.42. The number of sulfonamides is 1. The first kappa shape index (κ1) is 17.1. The third-order valence-electron chi connectivity index (χ3n) is 2.78. The Hall–Kier alpha value is -1.91. The van der Waals surface area contributed by atoms with Crippen molar-refractivity contribution in [2.75, 3.05) is 13.1 Å². The minimum Gasteiger partial charge on any atom is -0.478 e. The SMILES string of the molecule is CC(C)CN(CCC#N)S(=O)(=O)c1ccccc1C(=O)O. The molecule has 0 aromatic heterocycles. The largest absolute Gasteiger partial charge is 0.478 e. The van der Waals surface area contributed by atoms with Crippen molar-refractivity contribution in [3.63, 3.8) is 0 Å². The van der Waals surface area contributed by atoms with Crippen LogP contribution in [0.3, 0.4) is 0 Å². The van der Waals surface area contributed by atoms with Gasteiger partial charge in [-0.05, 0) is 18.1 Å². The van der Waals surface area contributed by atoms with Gasteiger partial charge in [0.15, 0.2) is 0 Å². The van der Waals surface area contributed by atoms with Gasteiger partial charge in [-0.1, -0.05) is 26.0 Å². The van der Waals surface area contributed by atoms with Crippen molar-refractivity contribution < 1.29 is 18.3 Å². The van der Waals surface area contributed by atoms with E-state index in [1.807, 2.05) is 19.9 Å². The van der Waals surface area contributed by atoms with Gasteiger partial charge < -0.3 is 5.11 Å². The van der Waals surface area contributed by atoms with E-state index in [1.54, 1.807) is 0 Å². The lowest BCUT2D eigenvalue weighted by Crippen LogP contribution is -2.35. The molecule has 0 saturated heterocycles. The van der Waals surface area contributed by atoms with Gasteiger partial charge in [0.05, 0.1) is 16.5 Å². The molecule has 0 atom stereocenters. The summed E-state index contributed by atoms with van der Waals surface area (Å²) >= 11 is 0. The monoisotopic (exact) mass is 310 g/mol. The molecule has 114 valence electrons. The summed E-state index contributed by atoms with van der Waals surface area (Å²) in [5.74, 6) is -1.23. The summed E-state index contributed by atoms with van der Waals surface area (Å²) < 4.78 is 26.5. The lowest BCUT2D eigenvalue weighted by Gasteiger charge is -2.23. The fraction of sp³-hybridized carbons (Fsp3) is 0.429. The van der Waals surface area contributed by atoms with Crippen molar-refractivity contribution >= 4 is 16.0 Å². The maximum Gasteiger partial charge on any atom is 0.337 e. The van der Waals surface area contributed by atoms with Crippen LogP contribution in [0.1, 0.15) is 30.6 Å². The second-order valence-electron chi connectivity index (χ2n) is 4.97. The highest BCUT2D eigenvalue weighted by Gasteiger charge is 2.28. The van der Waals surface area contributed by atoms with Gasteiger partial charge in [-0.2, -0.15) is 9.57 Å². The molecular weight excluding hydrogens is 292 g/mol. The lowest BCUT2D eigenvalue weighted by atomic mass is 10.2. The van der Waals surface area contributed by atoms with Crippen LogP contribution in [0.15, 0.2) is 29.2 Å². The number of aromatic carboxylic acids is 1. The number of hydrogen-bond donors (Lipinski definition) is 1. The molecule has 0 spiro atoms. The third-order valence-corrected chi connectivity index (χ3v) is 4.70. The fourth-order valence-electron chi connectivity index (χ4n) is 1.90. The summed E-state index contributed by atoms with van der Waals surface area (Å²) in [6.45, 7) is 4.00. The van der Waals surface area contributed by atoms with Crippen molar-refractivity contribution in [3.8, 4) is 6.07 Å². The summed E-state index contributed by atoms with van der Waals surface area (Å²) in [7, 11) is -3.94. The van der Waals surface area contributed by atoms with Crippen molar-refractivity contribution in [2.45, 2.75) is 25.2 Å². The topological polar surface area (TPSA) is 98.5 Å². The molecule has 0 saturated carbocycles. The zero-order valence-electron chi connectivity index (χ0n) is 12.0. The van der Waals surface area contributed by atoms with Crippen LogP contribution in [-0.2, 0) is 10.0 Å². The maximum atomic E-state index is 12.7. The molecule has 7 heteroatoms. The summed E-state index contributed by atoms with van der Waals surface area (Å²) in [5.41, 5.74) is -0.261. The Balaban J connectivity index is 3.29. The molecule has 21 heavy (non-hydrogen) atoms. The second-order valence-corrected chi connectivity index (χ2v) is 6.87. The fourth-order valence-corrected chi connectivity index (χ4v) is 3.69. The predicted octanol–water partition coefficient (Wildman–Crippen LogP) is 1.95. The minimum absolute atomic E-state index is 0.0466. The van der Waals surface area contributed by atoms with E-state index in [0.29, 0.717) is 0 Å². The number of nitrogens with zero attached hydrogens (tertiary/aromatic N) is 2. The number of rotatable bonds is 7. The van der Waals surface area contributed by atoms with E-state index in [-0.39, 0.29) is 35.9 Å². The Labute approximate surface area is 124 Å². The molecule has 1 rings (SSSR count). The second kappa shape index (κ2) is 7.20. The molecule has 0 radical (unpaired) electrons. The molecule has 0 bridgehead atoms. The number of carboxylic acid groups (broad SMARTS) is 1. The van der Waals surface area contributed by atoms with Crippen LogP contribution >= 0.6 is 0 Å². The van der Waals surface area contributed by atoms with Gasteiger partial charge in [0.25, 0.3) is 0 Å². The first-order chi connectivity index (χ1) is 9.80. The van der Waals surface area contributed by atoms with Crippen molar-refractivity contribution in [2.24, 2.45) is 5.92 Å². The summed E-state index contributed by atoms with van der Waals surface area (Å²) in [6, 6.07) is 7.40. The number of carbonyl (C=O) groups is 1. The highest BCUT2D eigenvalue weighted by atomic mass is 32.2. The van der Waals surface area contributed by atoms with Crippen LogP contribution in [0, 0.1) is 17.2 Å². The Morgan fingerprint density at radius 3 is 2.52 bits per heavy atom. The van der Waals surface area contributed by atoms with Crippen LogP contribution < -0.4 is 0 Å². The average molecular weight is 310 g/mol. The van der Waals surface area contributed by atoms with Gasteiger partial charge in [-0.3, -0.25) is 0 Å². The first-order valence-electron chi connectivity index (χ1n) is 6.50. The molecule has 0 amide bonds. The van der Waals surface area contributed by atoms with Crippen LogP contribution in [-0.4, -0.2) is 36.9 Å². The van der Waals surface area contributed by atoms with E-state index in [2.05, 4.69) is 0 Å². The summed E-state index contributed by atoms with van der Waals surface area (Å²) in [5, 5.41) is 17.8. The molecule has 0 heterocycles. The standard InChI is InChI=1S/C14H18N2O4S/c1-11(2)10-16(9-5-8-15)21(19,20)13-7-4-3-6-12(13)14(17)18/h3-4,6-7,11H,5,9-10H2,1-2H3,(H,17,18). The van der Waals surface area contributed by atoms with Gasteiger partial charge in [0, 0.05) is 19.5 Å². The van der Waals surface area contributed by atoms with Crippen LogP contribution in [0.25, 0.3) is 0 Å². The number of hydrogen-bond acceptors (Lipinski definition) is 4. The molecule has 0 unspecified atom stereocenters. The minimum atomic E-state index is -3.94. The summed E-state index contributed by atoms with van der Waals surface area (Å²) in [6.07, 6.45) is 0.0567. The molecule has 0 fully saturated rings. The Kier molecular flexibility index (Phi) is 5.88. The molecule has 1 N–H and O–H groups in total. The quantitative estimate of drug-likeness (QED) is 0.830. The molecule has 1 aromatic rings. The number of benzene rings is 1. The van der Waals surface area contributed by atoms with Crippen molar-refractivity contribution in [3.05, 3.63) is 29.8 Å². The van der Waals surface area contributed by atoms with Crippen LogP contribution in [0.4, 0.5) is 0 Å². The molecular formula is C14H18N2O4S. The molecule has 0 aliphatic rings. The Morgan fingerprint density at radius 1 is 1.38 bits per heavy atom. The summed E-state index contributed by atoms with van der Waals surface area (Å²) in [4.78, 5) is 11.0. The van der Waals surface area contributed by atoms with E-state index in [0.717, 1.165) is 0 Å². The van der Waals surface area contributed by atoms with Gasteiger partial charge in [0.2, 0.25) is 10.0 Å². The Morgan fingerprint density at radius 2 is 2.00 bits per heavy atom. The third kappa shape index (κ3) is 4.28. The molecule has 6 nitrogen and oxygen atoms in total. The smallest absolute Gasteiger partial charge is 0.337 e. The highest BCUT2D eigenvalue weighted by Crippen LogP contribution is 2.21. The molecule has 1 aromatic carbocycles.